The molecule has 2 heterocycles. The van der Waals surface area contributed by atoms with Crippen LogP contribution in [0, 0.1) is 0 Å². The summed E-state index contributed by atoms with van der Waals surface area (Å²) < 4.78 is 18.9. The van der Waals surface area contributed by atoms with Crippen molar-refractivity contribution in [2.45, 2.75) is 44.8 Å². The minimum atomic E-state index is -0.915. The van der Waals surface area contributed by atoms with Crippen LogP contribution in [0.1, 0.15) is 37.2 Å². The number of carbonyl (C=O) groups is 2. The Labute approximate surface area is 177 Å². The molecular formula is C22H22N2O7. The molecule has 0 radical (unpaired) electrons. The molecule has 0 spiro atoms. The molecule has 1 aliphatic carbocycles. The van der Waals surface area contributed by atoms with Crippen LogP contribution in [0.3, 0.4) is 0 Å². The lowest BCUT2D eigenvalue weighted by molar-refractivity contribution is -0.149. The number of carbonyl (C=O) groups excluding carboxylic acids is 2. The summed E-state index contributed by atoms with van der Waals surface area (Å²) in [4.78, 5) is 49.7. The summed E-state index contributed by atoms with van der Waals surface area (Å²) >= 11 is 0. The standard InChI is InChI=1S/C22H22N2O7/c1-13(25)29-12-15-11-16(19-18(15)30-22(2,3)31-19)23-10-9-17(26)24(21(23)28)20(27)14-7-5-4-6-8-14/h4-11,16,18-19H,12H2,1-3H3/t16-,18-,19+/m1/s1. The lowest BCUT2D eigenvalue weighted by Crippen LogP contribution is -2.45. The van der Waals surface area contributed by atoms with Crippen LogP contribution in [0.25, 0.3) is 0 Å². The Morgan fingerprint density at radius 2 is 1.81 bits per heavy atom. The van der Waals surface area contributed by atoms with Gasteiger partial charge in [-0.1, -0.05) is 24.3 Å². The first-order valence-corrected chi connectivity index (χ1v) is 9.81. The van der Waals surface area contributed by atoms with Crippen molar-refractivity contribution in [3.63, 3.8) is 0 Å². The van der Waals surface area contributed by atoms with E-state index < -0.39 is 47.2 Å². The second-order valence-electron chi connectivity index (χ2n) is 7.88. The van der Waals surface area contributed by atoms with Gasteiger partial charge in [0.05, 0.1) is 6.04 Å². The quantitative estimate of drug-likeness (QED) is 0.535. The van der Waals surface area contributed by atoms with Crippen molar-refractivity contribution in [1.29, 1.82) is 0 Å². The zero-order valence-corrected chi connectivity index (χ0v) is 17.3. The van der Waals surface area contributed by atoms with Crippen molar-refractivity contribution in [2.24, 2.45) is 0 Å². The third kappa shape index (κ3) is 3.89. The third-order valence-corrected chi connectivity index (χ3v) is 5.21. The molecule has 1 aliphatic heterocycles. The fourth-order valence-corrected chi connectivity index (χ4v) is 3.90. The maximum absolute atomic E-state index is 13.2. The van der Waals surface area contributed by atoms with E-state index in [1.165, 1.54) is 29.8 Å². The molecule has 1 saturated heterocycles. The summed E-state index contributed by atoms with van der Waals surface area (Å²) in [6.45, 7) is 4.78. The van der Waals surface area contributed by atoms with Gasteiger partial charge in [0.25, 0.3) is 11.5 Å². The number of rotatable bonds is 4. The Hall–Kier alpha value is -3.30. The topological polar surface area (TPSA) is 106 Å². The average Bonchev–Trinajstić information content (AvgIpc) is 3.20. The SMILES string of the molecule is CC(=O)OCC1=C[C@@H](n2ccc(=O)n(C(=O)c3ccccc3)c2=O)[C@@H]2OC(C)(C)O[C@H]12. The maximum atomic E-state index is 13.2. The van der Waals surface area contributed by atoms with Gasteiger partial charge in [-0.05, 0) is 31.6 Å². The van der Waals surface area contributed by atoms with Crippen LogP contribution < -0.4 is 11.2 Å². The monoisotopic (exact) mass is 426 g/mol. The minimum absolute atomic E-state index is 0.0101. The first kappa shape index (κ1) is 21.0. The molecule has 9 nitrogen and oxygen atoms in total. The second-order valence-corrected chi connectivity index (χ2v) is 7.88. The summed E-state index contributed by atoms with van der Waals surface area (Å²) in [5, 5.41) is 0. The normalized spacial score (nSPS) is 23.8. The van der Waals surface area contributed by atoms with E-state index in [4.69, 9.17) is 14.2 Å². The number of benzene rings is 1. The van der Waals surface area contributed by atoms with Crippen molar-refractivity contribution < 1.29 is 23.8 Å². The Kier molecular flexibility index (Phi) is 5.24. The lowest BCUT2D eigenvalue weighted by atomic mass is 10.1. The number of aromatic nitrogens is 2. The average molecular weight is 426 g/mol. The van der Waals surface area contributed by atoms with Crippen LogP contribution in [0.15, 0.2) is 63.8 Å². The Balaban J connectivity index is 1.76. The van der Waals surface area contributed by atoms with Crippen LogP contribution in [0.2, 0.25) is 0 Å². The zero-order chi connectivity index (χ0) is 22.3. The van der Waals surface area contributed by atoms with E-state index in [0.717, 1.165) is 6.07 Å². The van der Waals surface area contributed by atoms with Gasteiger partial charge in [0.2, 0.25) is 0 Å². The van der Waals surface area contributed by atoms with E-state index in [9.17, 15) is 19.2 Å². The highest BCUT2D eigenvalue weighted by atomic mass is 16.8. The highest BCUT2D eigenvalue weighted by Crippen LogP contribution is 2.42. The highest BCUT2D eigenvalue weighted by Gasteiger charge is 2.51. The second kappa shape index (κ2) is 7.75. The molecule has 4 rings (SSSR count). The van der Waals surface area contributed by atoms with Crippen LogP contribution in [-0.2, 0) is 19.0 Å². The van der Waals surface area contributed by atoms with Gasteiger partial charge < -0.3 is 14.2 Å². The van der Waals surface area contributed by atoms with Crippen molar-refractivity contribution in [1.82, 2.24) is 9.13 Å². The van der Waals surface area contributed by atoms with Gasteiger partial charge in [-0.25, -0.2) is 4.79 Å². The first-order chi connectivity index (χ1) is 14.7. The largest absolute Gasteiger partial charge is 0.461 e. The van der Waals surface area contributed by atoms with Crippen LogP contribution >= 0.6 is 0 Å². The smallest absolute Gasteiger partial charge is 0.338 e. The first-order valence-electron chi connectivity index (χ1n) is 9.81. The molecule has 0 unspecified atom stereocenters. The molecule has 1 fully saturated rings. The molecule has 3 atom stereocenters. The number of hydrogen-bond donors (Lipinski definition) is 0. The molecule has 162 valence electrons. The Morgan fingerprint density at radius 3 is 2.48 bits per heavy atom. The minimum Gasteiger partial charge on any atom is -0.461 e. The Bertz CT molecular complexity index is 1180. The zero-order valence-electron chi connectivity index (χ0n) is 17.3. The summed E-state index contributed by atoms with van der Waals surface area (Å²) in [6.07, 6.45) is 1.94. The predicted molar refractivity (Wildman–Crippen MR) is 109 cm³/mol. The van der Waals surface area contributed by atoms with E-state index in [2.05, 4.69) is 0 Å². The maximum Gasteiger partial charge on any atom is 0.338 e. The molecule has 0 N–H and O–H groups in total. The fourth-order valence-electron chi connectivity index (χ4n) is 3.90. The Morgan fingerprint density at radius 1 is 1.10 bits per heavy atom. The molecular weight excluding hydrogens is 404 g/mol. The summed E-state index contributed by atoms with van der Waals surface area (Å²) in [7, 11) is 0. The molecule has 9 heteroatoms. The predicted octanol–water partition coefficient (Wildman–Crippen LogP) is 1.26. The van der Waals surface area contributed by atoms with Crippen molar-refractivity contribution in [3.8, 4) is 0 Å². The molecule has 1 aromatic heterocycles. The van der Waals surface area contributed by atoms with Gasteiger partial charge in [0.15, 0.2) is 5.79 Å². The summed E-state index contributed by atoms with van der Waals surface area (Å²) in [5.74, 6) is -2.08. The number of esters is 1. The molecule has 2 aromatic rings. The van der Waals surface area contributed by atoms with Crippen molar-refractivity contribution in [3.05, 3.63) is 80.6 Å². The van der Waals surface area contributed by atoms with Gasteiger partial charge >= 0.3 is 11.7 Å². The van der Waals surface area contributed by atoms with E-state index >= 15 is 0 Å². The van der Waals surface area contributed by atoms with E-state index in [-0.39, 0.29) is 12.2 Å². The van der Waals surface area contributed by atoms with E-state index in [1.807, 2.05) is 0 Å². The van der Waals surface area contributed by atoms with Gasteiger partial charge in [-0.15, -0.1) is 0 Å². The van der Waals surface area contributed by atoms with Crippen LogP contribution in [-0.4, -0.2) is 45.6 Å². The number of hydrogen-bond acceptors (Lipinski definition) is 7. The molecule has 0 amide bonds. The fraction of sp³-hybridized carbons (Fsp3) is 0.364. The summed E-state index contributed by atoms with van der Waals surface area (Å²) in [5.41, 5.74) is -0.646. The molecule has 31 heavy (non-hydrogen) atoms. The van der Waals surface area contributed by atoms with Crippen molar-refractivity contribution >= 4 is 11.9 Å². The molecule has 0 saturated carbocycles. The van der Waals surface area contributed by atoms with Gasteiger partial charge in [-0.3, -0.25) is 19.0 Å². The highest BCUT2D eigenvalue weighted by molar-refractivity contribution is 5.95. The van der Waals surface area contributed by atoms with Crippen LogP contribution in [0.5, 0.6) is 0 Å². The number of fused-ring (bicyclic) bond motifs is 1. The van der Waals surface area contributed by atoms with E-state index in [0.29, 0.717) is 10.1 Å². The van der Waals surface area contributed by atoms with Gasteiger partial charge in [0.1, 0.15) is 18.8 Å². The van der Waals surface area contributed by atoms with Gasteiger partial charge in [-0.2, -0.15) is 4.57 Å². The van der Waals surface area contributed by atoms with Gasteiger partial charge in [0, 0.05) is 24.8 Å². The molecule has 0 bridgehead atoms. The number of nitrogens with zero attached hydrogens (tertiary/aromatic N) is 2. The number of ether oxygens (including phenoxy) is 3. The lowest BCUT2D eigenvalue weighted by Gasteiger charge is -2.22. The summed E-state index contributed by atoms with van der Waals surface area (Å²) in [6, 6.07) is 8.61. The van der Waals surface area contributed by atoms with Crippen molar-refractivity contribution in [2.75, 3.05) is 6.61 Å². The molecule has 2 aliphatic rings. The third-order valence-electron chi connectivity index (χ3n) is 5.21. The van der Waals surface area contributed by atoms with Crippen LogP contribution in [0.4, 0.5) is 0 Å². The van der Waals surface area contributed by atoms with E-state index in [1.54, 1.807) is 38.1 Å². The molecule has 1 aromatic carbocycles.